The van der Waals surface area contributed by atoms with Crippen LogP contribution in [0.5, 0.6) is 0 Å². The molecule has 1 atom stereocenters. The molecule has 1 aromatic rings. The summed E-state index contributed by atoms with van der Waals surface area (Å²) in [5.41, 5.74) is 7.27. The van der Waals surface area contributed by atoms with E-state index < -0.39 is 0 Å². The third kappa shape index (κ3) is 3.75. The van der Waals surface area contributed by atoms with Gasteiger partial charge in [0.25, 0.3) is 0 Å². The number of anilines is 2. The van der Waals surface area contributed by atoms with Gasteiger partial charge in [0.15, 0.2) is 0 Å². The summed E-state index contributed by atoms with van der Waals surface area (Å²) in [6.45, 7) is 5.63. The minimum Gasteiger partial charge on any atom is -0.397 e. The van der Waals surface area contributed by atoms with Crippen LogP contribution in [0.4, 0.5) is 11.5 Å². The van der Waals surface area contributed by atoms with E-state index >= 15 is 0 Å². The third-order valence-corrected chi connectivity index (χ3v) is 2.21. The fraction of sp³-hybridized carbons (Fsp3) is 0.545. The Labute approximate surface area is 90.8 Å². The molecule has 0 saturated heterocycles. The zero-order valence-electron chi connectivity index (χ0n) is 9.58. The van der Waals surface area contributed by atoms with Crippen molar-refractivity contribution >= 4 is 11.5 Å². The number of methoxy groups -OCH3 is 1. The summed E-state index contributed by atoms with van der Waals surface area (Å²) in [7, 11) is 1.71. The molecule has 4 nitrogen and oxygen atoms in total. The van der Waals surface area contributed by atoms with Crippen molar-refractivity contribution in [2.24, 2.45) is 5.92 Å². The normalized spacial score (nSPS) is 12.5. The molecular weight excluding hydrogens is 190 g/mol. The zero-order chi connectivity index (χ0) is 11.3. The first-order chi connectivity index (χ1) is 7.13. The summed E-state index contributed by atoms with van der Waals surface area (Å²) in [6, 6.07) is 3.76. The molecule has 0 bridgehead atoms. The molecule has 0 amide bonds. The second-order valence-electron chi connectivity index (χ2n) is 3.81. The average Bonchev–Trinajstić information content (AvgIpc) is 2.20. The van der Waals surface area contributed by atoms with Gasteiger partial charge in [-0.15, -0.1) is 0 Å². The van der Waals surface area contributed by atoms with Crippen LogP contribution in [0, 0.1) is 12.8 Å². The number of hydrogen-bond acceptors (Lipinski definition) is 4. The summed E-state index contributed by atoms with van der Waals surface area (Å²) in [5.74, 6) is 1.33. The van der Waals surface area contributed by atoms with Gasteiger partial charge in [-0.1, -0.05) is 6.92 Å². The van der Waals surface area contributed by atoms with E-state index in [1.807, 2.05) is 19.1 Å². The number of hydrogen-bond donors (Lipinski definition) is 2. The van der Waals surface area contributed by atoms with Gasteiger partial charge < -0.3 is 15.8 Å². The van der Waals surface area contributed by atoms with Crippen LogP contribution >= 0.6 is 0 Å². The molecule has 1 heterocycles. The topological polar surface area (TPSA) is 60.2 Å². The van der Waals surface area contributed by atoms with Crippen LogP contribution in [0.2, 0.25) is 0 Å². The zero-order valence-corrected chi connectivity index (χ0v) is 9.58. The molecule has 3 N–H and O–H groups in total. The average molecular weight is 209 g/mol. The van der Waals surface area contributed by atoms with Crippen molar-refractivity contribution in [3.8, 4) is 0 Å². The summed E-state index contributed by atoms with van der Waals surface area (Å²) in [6.07, 6.45) is 0. The van der Waals surface area contributed by atoms with Crippen molar-refractivity contribution in [2.75, 3.05) is 31.3 Å². The highest BCUT2D eigenvalue weighted by atomic mass is 16.5. The SMILES string of the molecule is COCC(C)CNc1ccc(N)c(C)n1. The van der Waals surface area contributed by atoms with Gasteiger partial charge in [0.05, 0.1) is 18.0 Å². The lowest BCUT2D eigenvalue weighted by molar-refractivity contribution is 0.164. The van der Waals surface area contributed by atoms with Crippen molar-refractivity contribution in [3.05, 3.63) is 17.8 Å². The van der Waals surface area contributed by atoms with E-state index in [9.17, 15) is 0 Å². The third-order valence-electron chi connectivity index (χ3n) is 2.21. The predicted octanol–water partition coefficient (Wildman–Crippen LogP) is 1.67. The number of ether oxygens (including phenoxy) is 1. The molecule has 15 heavy (non-hydrogen) atoms. The molecule has 0 saturated carbocycles. The fourth-order valence-electron chi connectivity index (χ4n) is 1.29. The van der Waals surface area contributed by atoms with E-state index in [4.69, 9.17) is 10.5 Å². The van der Waals surface area contributed by atoms with Gasteiger partial charge in [-0.2, -0.15) is 0 Å². The molecule has 1 unspecified atom stereocenters. The van der Waals surface area contributed by atoms with E-state index in [-0.39, 0.29) is 0 Å². The van der Waals surface area contributed by atoms with Crippen LogP contribution in [0.1, 0.15) is 12.6 Å². The molecular formula is C11H19N3O. The molecule has 0 aliphatic carbocycles. The minimum absolute atomic E-state index is 0.467. The van der Waals surface area contributed by atoms with E-state index in [1.54, 1.807) is 7.11 Å². The minimum atomic E-state index is 0.467. The largest absolute Gasteiger partial charge is 0.397 e. The molecule has 0 aliphatic heterocycles. The molecule has 1 rings (SSSR count). The maximum Gasteiger partial charge on any atom is 0.126 e. The maximum absolute atomic E-state index is 5.68. The van der Waals surface area contributed by atoms with E-state index in [0.717, 1.165) is 30.4 Å². The van der Waals surface area contributed by atoms with E-state index in [0.29, 0.717) is 5.92 Å². The second-order valence-corrected chi connectivity index (χ2v) is 3.81. The van der Waals surface area contributed by atoms with Crippen molar-refractivity contribution in [1.29, 1.82) is 0 Å². The Morgan fingerprint density at radius 2 is 2.27 bits per heavy atom. The van der Waals surface area contributed by atoms with Crippen LogP contribution in [-0.2, 0) is 4.74 Å². The lowest BCUT2D eigenvalue weighted by Crippen LogP contribution is -2.16. The Bertz CT molecular complexity index is 315. The van der Waals surface area contributed by atoms with E-state index in [1.165, 1.54) is 0 Å². The lowest BCUT2D eigenvalue weighted by Gasteiger charge is -2.12. The van der Waals surface area contributed by atoms with Gasteiger partial charge in [-0.05, 0) is 25.0 Å². The van der Waals surface area contributed by atoms with Crippen molar-refractivity contribution in [1.82, 2.24) is 4.98 Å². The highest BCUT2D eigenvalue weighted by molar-refractivity contribution is 5.48. The summed E-state index contributed by atoms with van der Waals surface area (Å²) >= 11 is 0. The Morgan fingerprint density at radius 3 is 2.87 bits per heavy atom. The van der Waals surface area contributed by atoms with Gasteiger partial charge in [0.1, 0.15) is 5.82 Å². The number of aryl methyl sites for hydroxylation is 1. The molecule has 1 aromatic heterocycles. The number of nitrogens with one attached hydrogen (secondary N) is 1. The quantitative estimate of drug-likeness (QED) is 0.774. The summed E-state index contributed by atoms with van der Waals surface area (Å²) in [5, 5.41) is 3.25. The predicted molar refractivity (Wildman–Crippen MR) is 62.9 cm³/mol. The van der Waals surface area contributed by atoms with Gasteiger partial charge in [0, 0.05) is 13.7 Å². The van der Waals surface area contributed by atoms with Crippen LogP contribution in [0.25, 0.3) is 0 Å². The number of nitrogens with zero attached hydrogens (tertiary/aromatic N) is 1. The first-order valence-corrected chi connectivity index (χ1v) is 5.09. The molecule has 0 radical (unpaired) electrons. The van der Waals surface area contributed by atoms with E-state index in [2.05, 4.69) is 17.2 Å². The molecule has 0 spiro atoms. The van der Waals surface area contributed by atoms with Gasteiger partial charge in [0.2, 0.25) is 0 Å². The van der Waals surface area contributed by atoms with Crippen LogP contribution < -0.4 is 11.1 Å². The number of aromatic nitrogens is 1. The smallest absolute Gasteiger partial charge is 0.126 e. The second kappa shape index (κ2) is 5.56. The summed E-state index contributed by atoms with van der Waals surface area (Å²) in [4.78, 5) is 4.33. The van der Waals surface area contributed by atoms with Crippen molar-refractivity contribution < 1.29 is 4.74 Å². The first-order valence-electron chi connectivity index (χ1n) is 5.09. The molecule has 84 valence electrons. The maximum atomic E-state index is 5.68. The van der Waals surface area contributed by atoms with Crippen LogP contribution in [0.3, 0.4) is 0 Å². The number of pyridine rings is 1. The highest BCUT2D eigenvalue weighted by Gasteiger charge is 2.02. The molecule has 0 aromatic carbocycles. The first kappa shape index (κ1) is 11.8. The monoisotopic (exact) mass is 209 g/mol. The summed E-state index contributed by atoms with van der Waals surface area (Å²) < 4.78 is 5.05. The Hall–Kier alpha value is -1.29. The molecule has 0 fully saturated rings. The number of nitrogen functional groups attached to an aromatic ring is 1. The highest BCUT2D eigenvalue weighted by Crippen LogP contribution is 2.12. The Kier molecular flexibility index (Phi) is 4.37. The molecule has 4 heteroatoms. The van der Waals surface area contributed by atoms with Gasteiger partial charge in [-0.3, -0.25) is 0 Å². The molecule has 0 aliphatic rings. The Balaban J connectivity index is 2.47. The van der Waals surface area contributed by atoms with Gasteiger partial charge in [-0.25, -0.2) is 4.98 Å². The van der Waals surface area contributed by atoms with Crippen molar-refractivity contribution in [3.63, 3.8) is 0 Å². The van der Waals surface area contributed by atoms with Crippen molar-refractivity contribution in [2.45, 2.75) is 13.8 Å². The Morgan fingerprint density at radius 1 is 1.53 bits per heavy atom. The van der Waals surface area contributed by atoms with Crippen LogP contribution in [0.15, 0.2) is 12.1 Å². The number of rotatable bonds is 5. The number of nitrogens with two attached hydrogens (primary N) is 1. The van der Waals surface area contributed by atoms with Gasteiger partial charge >= 0.3 is 0 Å². The standard InChI is InChI=1S/C11H19N3O/c1-8(7-15-3)6-13-11-5-4-10(12)9(2)14-11/h4-5,8H,6-7,12H2,1-3H3,(H,13,14). The van der Waals surface area contributed by atoms with Crippen LogP contribution in [-0.4, -0.2) is 25.2 Å². The lowest BCUT2D eigenvalue weighted by atomic mass is 10.2. The fourth-order valence-corrected chi connectivity index (χ4v) is 1.29.